The van der Waals surface area contributed by atoms with Gasteiger partial charge in [-0.2, -0.15) is 0 Å². The van der Waals surface area contributed by atoms with E-state index in [2.05, 4.69) is 26.1 Å². The highest BCUT2D eigenvalue weighted by Gasteiger charge is 2.32. The number of nitrogens with one attached hydrogen (secondary N) is 1. The molecule has 4 heteroatoms. The number of benzene rings is 1. The summed E-state index contributed by atoms with van der Waals surface area (Å²) in [6.07, 6.45) is 4.24. The Morgan fingerprint density at radius 1 is 1.23 bits per heavy atom. The minimum absolute atomic E-state index is 0.00285. The molecule has 0 heterocycles. The molecule has 1 atom stereocenters. The van der Waals surface area contributed by atoms with E-state index in [4.69, 9.17) is 0 Å². The Kier molecular flexibility index (Phi) is 5.81. The van der Waals surface area contributed by atoms with Crippen LogP contribution >= 0.6 is 0 Å². The lowest BCUT2D eigenvalue weighted by atomic mass is 10.0. The number of halogens is 1. The average molecular weight is 306 g/mol. The normalized spacial score (nSPS) is 15.7. The number of rotatable bonds is 7. The molecule has 1 saturated carbocycles. The van der Waals surface area contributed by atoms with Crippen molar-refractivity contribution in [2.75, 3.05) is 0 Å². The van der Waals surface area contributed by atoms with Crippen molar-refractivity contribution >= 4 is 6.03 Å². The highest BCUT2D eigenvalue weighted by atomic mass is 19.1. The van der Waals surface area contributed by atoms with Crippen LogP contribution in [0, 0.1) is 11.7 Å². The van der Waals surface area contributed by atoms with E-state index < -0.39 is 0 Å². The zero-order chi connectivity index (χ0) is 16.1. The Labute approximate surface area is 132 Å². The van der Waals surface area contributed by atoms with Crippen LogP contribution < -0.4 is 5.32 Å². The van der Waals surface area contributed by atoms with E-state index in [-0.39, 0.29) is 17.9 Å². The molecule has 1 fully saturated rings. The number of hydrogen-bond donors (Lipinski definition) is 1. The first-order valence-corrected chi connectivity index (χ1v) is 8.27. The van der Waals surface area contributed by atoms with Crippen LogP contribution in [0.25, 0.3) is 0 Å². The molecule has 2 amide bonds. The first-order valence-electron chi connectivity index (χ1n) is 8.27. The fourth-order valence-electron chi connectivity index (χ4n) is 2.49. The Morgan fingerprint density at radius 3 is 2.41 bits per heavy atom. The van der Waals surface area contributed by atoms with E-state index in [0.717, 1.165) is 31.2 Å². The maximum atomic E-state index is 13.0. The first kappa shape index (κ1) is 16.8. The molecule has 0 bridgehead atoms. The third kappa shape index (κ3) is 5.32. The molecule has 2 rings (SSSR count). The Bertz CT molecular complexity index is 482. The summed E-state index contributed by atoms with van der Waals surface area (Å²) < 4.78 is 13.0. The van der Waals surface area contributed by atoms with Crippen LogP contribution in [-0.4, -0.2) is 23.0 Å². The van der Waals surface area contributed by atoms with Gasteiger partial charge in [0, 0.05) is 18.6 Å². The van der Waals surface area contributed by atoms with E-state index in [0.29, 0.717) is 18.5 Å². The van der Waals surface area contributed by atoms with Crippen molar-refractivity contribution in [3.63, 3.8) is 0 Å². The van der Waals surface area contributed by atoms with Crippen molar-refractivity contribution in [1.29, 1.82) is 0 Å². The fraction of sp³-hybridized carbons (Fsp3) is 0.611. The van der Waals surface area contributed by atoms with E-state index in [1.54, 1.807) is 12.1 Å². The van der Waals surface area contributed by atoms with Gasteiger partial charge in [-0.15, -0.1) is 0 Å². The van der Waals surface area contributed by atoms with Crippen LogP contribution in [0.2, 0.25) is 0 Å². The summed E-state index contributed by atoms with van der Waals surface area (Å²) >= 11 is 0. The molecule has 1 aromatic carbocycles. The van der Waals surface area contributed by atoms with Crippen molar-refractivity contribution in [1.82, 2.24) is 10.2 Å². The molecule has 1 unspecified atom stereocenters. The number of carbonyl (C=O) groups excluding carboxylic acids is 1. The SMILES string of the molecule is CC(C)CCC(C)NC(=O)N(Cc1ccc(F)cc1)C1CC1. The summed E-state index contributed by atoms with van der Waals surface area (Å²) in [7, 11) is 0. The van der Waals surface area contributed by atoms with Crippen LogP contribution in [0.4, 0.5) is 9.18 Å². The highest BCUT2D eigenvalue weighted by Crippen LogP contribution is 2.28. The molecular weight excluding hydrogens is 279 g/mol. The van der Waals surface area contributed by atoms with Crippen molar-refractivity contribution in [2.24, 2.45) is 5.92 Å². The number of nitrogens with zero attached hydrogens (tertiary/aromatic N) is 1. The minimum Gasteiger partial charge on any atom is -0.336 e. The molecule has 0 aromatic heterocycles. The molecule has 0 saturated heterocycles. The van der Waals surface area contributed by atoms with Gasteiger partial charge in [0.2, 0.25) is 0 Å². The van der Waals surface area contributed by atoms with Gasteiger partial charge in [0.25, 0.3) is 0 Å². The third-order valence-corrected chi connectivity index (χ3v) is 4.06. The molecule has 0 spiro atoms. The second kappa shape index (κ2) is 7.61. The Morgan fingerprint density at radius 2 is 1.86 bits per heavy atom. The molecule has 1 aliphatic rings. The van der Waals surface area contributed by atoms with Crippen LogP contribution in [-0.2, 0) is 6.54 Å². The molecule has 3 nitrogen and oxygen atoms in total. The summed E-state index contributed by atoms with van der Waals surface area (Å²) in [5.74, 6) is 0.409. The monoisotopic (exact) mass is 306 g/mol. The van der Waals surface area contributed by atoms with Crippen molar-refractivity contribution < 1.29 is 9.18 Å². The fourth-order valence-corrected chi connectivity index (χ4v) is 2.49. The summed E-state index contributed by atoms with van der Waals surface area (Å²) in [4.78, 5) is 14.4. The minimum atomic E-state index is -0.242. The van der Waals surface area contributed by atoms with Gasteiger partial charge in [-0.05, 0) is 56.2 Å². The van der Waals surface area contributed by atoms with Gasteiger partial charge in [0.05, 0.1) is 0 Å². The summed E-state index contributed by atoms with van der Waals surface area (Å²) in [5, 5.41) is 3.10. The zero-order valence-electron chi connectivity index (χ0n) is 13.8. The molecule has 22 heavy (non-hydrogen) atoms. The van der Waals surface area contributed by atoms with Crippen molar-refractivity contribution in [2.45, 2.75) is 65.1 Å². The zero-order valence-corrected chi connectivity index (χ0v) is 13.8. The smallest absolute Gasteiger partial charge is 0.318 e. The largest absolute Gasteiger partial charge is 0.336 e. The summed E-state index contributed by atoms with van der Waals surface area (Å²) in [6, 6.07) is 6.92. The number of carbonyl (C=O) groups is 1. The quantitative estimate of drug-likeness (QED) is 0.799. The predicted molar refractivity (Wildman–Crippen MR) is 87.0 cm³/mol. The lowest BCUT2D eigenvalue weighted by Crippen LogP contribution is -2.44. The number of amides is 2. The standard InChI is InChI=1S/C18H27FN2O/c1-13(2)4-5-14(3)20-18(22)21(17-10-11-17)12-15-6-8-16(19)9-7-15/h6-9,13-14,17H,4-5,10-12H2,1-3H3,(H,20,22). The second-order valence-corrected chi connectivity index (χ2v) is 6.81. The van der Waals surface area contributed by atoms with Gasteiger partial charge in [0.15, 0.2) is 0 Å². The van der Waals surface area contributed by atoms with E-state index >= 15 is 0 Å². The third-order valence-electron chi connectivity index (χ3n) is 4.06. The van der Waals surface area contributed by atoms with Gasteiger partial charge >= 0.3 is 6.03 Å². The first-order chi connectivity index (χ1) is 10.5. The van der Waals surface area contributed by atoms with E-state index in [9.17, 15) is 9.18 Å². The molecular formula is C18H27FN2O. The van der Waals surface area contributed by atoms with E-state index in [1.165, 1.54) is 12.1 Å². The van der Waals surface area contributed by atoms with Crippen LogP contribution in [0.15, 0.2) is 24.3 Å². The Hall–Kier alpha value is -1.58. The molecule has 1 aromatic rings. The topological polar surface area (TPSA) is 32.3 Å². The van der Waals surface area contributed by atoms with E-state index in [1.807, 2.05) is 4.90 Å². The highest BCUT2D eigenvalue weighted by molar-refractivity contribution is 5.75. The average Bonchev–Trinajstić information content (AvgIpc) is 3.29. The van der Waals surface area contributed by atoms with Crippen LogP contribution in [0.5, 0.6) is 0 Å². The lowest BCUT2D eigenvalue weighted by Gasteiger charge is -2.25. The van der Waals surface area contributed by atoms with Gasteiger partial charge in [0.1, 0.15) is 5.82 Å². The molecule has 1 aliphatic carbocycles. The van der Waals surface area contributed by atoms with Gasteiger partial charge in [-0.1, -0.05) is 26.0 Å². The number of hydrogen-bond acceptors (Lipinski definition) is 1. The van der Waals surface area contributed by atoms with Gasteiger partial charge < -0.3 is 10.2 Å². The molecule has 0 aliphatic heterocycles. The predicted octanol–water partition coefficient (Wildman–Crippen LogP) is 4.32. The maximum absolute atomic E-state index is 13.0. The van der Waals surface area contributed by atoms with Crippen molar-refractivity contribution in [3.8, 4) is 0 Å². The van der Waals surface area contributed by atoms with Crippen LogP contribution in [0.3, 0.4) is 0 Å². The number of urea groups is 1. The molecule has 0 radical (unpaired) electrons. The van der Waals surface area contributed by atoms with Crippen molar-refractivity contribution in [3.05, 3.63) is 35.6 Å². The molecule has 1 N–H and O–H groups in total. The maximum Gasteiger partial charge on any atom is 0.318 e. The molecule has 122 valence electrons. The lowest BCUT2D eigenvalue weighted by molar-refractivity contribution is 0.187. The summed E-state index contributed by atoms with van der Waals surface area (Å²) in [6.45, 7) is 7.00. The Balaban J connectivity index is 1.90. The summed E-state index contributed by atoms with van der Waals surface area (Å²) in [5.41, 5.74) is 0.971. The van der Waals surface area contributed by atoms with Gasteiger partial charge in [-0.3, -0.25) is 0 Å². The van der Waals surface area contributed by atoms with Crippen LogP contribution in [0.1, 0.15) is 52.0 Å². The second-order valence-electron chi connectivity index (χ2n) is 6.81. The van der Waals surface area contributed by atoms with Gasteiger partial charge in [-0.25, -0.2) is 9.18 Å².